The Labute approximate surface area is 69.8 Å². The number of hydrogen-bond acceptors (Lipinski definition) is 3. The summed E-state index contributed by atoms with van der Waals surface area (Å²) in [7, 11) is 0. The second-order valence-corrected chi connectivity index (χ2v) is 2.05. The van der Waals surface area contributed by atoms with Gasteiger partial charge in [0.25, 0.3) is 0 Å². The summed E-state index contributed by atoms with van der Waals surface area (Å²) in [5, 5.41) is 23.1. The molecule has 0 radical (unpaired) electrons. The average molecular weight is 161 g/mol. The quantitative estimate of drug-likeness (QED) is 0.570. The van der Waals surface area contributed by atoms with Crippen LogP contribution in [0.1, 0.15) is 17.7 Å². The lowest BCUT2D eigenvalue weighted by Gasteiger charge is -1.80. The van der Waals surface area contributed by atoms with E-state index in [1.54, 1.807) is 0 Å². The van der Waals surface area contributed by atoms with Crippen LogP contribution in [0.2, 0.25) is 0 Å². The Bertz CT molecular complexity index is 350. The van der Waals surface area contributed by atoms with Crippen LogP contribution in [0.5, 0.6) is 0 Å². The van der Waals surface area contributed by atoms with Crippen LogP contribution >= 0.6 is 0 Å². The van der Waals surface area contributed by atoms with Crippen molar-refractivity contribution in [3.63, 3.8) is 0 Å². The second-order valence-electron chi connectivity index (χ2n) is 2.05. The van der Waals surface area contributed by atoms with Crippen molar-refractivity contribution in [2.24, 2.45) is 0 Å². The van der Waals surface area contributed by atoms with Crippen molar-refractivity contribution in [2.75, 3.05) is 6.61 Å². The van der Waals surface area contributed by atoms with Crippen LogP contribution in [0.15, 0.2) is 6.20 Å². The molecule has 0 aliphatic carbocycles. The summed E-state index contributed by atoms with van der Waals surface area (Å²) in [4.78, 5) is 0. The summed E-state index contributed by atoms with van der Waals surface area (Å²) in [6.07, 6.45) is 1.90. The second kappa shape index (κ2) is 4.17. The van der Waals surface area contributed by atoms with Crippen LogP contribution in [0.3, 0.4) is 0 Å². The zero-order valence-electron chi connectivity index (χ0n) is 6.33. The van der Waals surface area contributed by atoms with Gasteiger partial charge in [-0.05, 0) is 0 Å². The summed E-state index contributed by atoms with van der Waals surface area (Å²) in [6, 6.07) is 1.92. The molecule has 4 nitrogen and oxygen atoms in total. The summed E-state index contributed by atoms with van der Waals surface area (Å²) in [6.45, 7) is 0.0345. The highest BCUT2D eigenvalue weighted by atomic mass is 16.2. The molecule has 1 aromatic heterocycles. The highest BCUT2D eigenvalue weighted by molar-refractivity contribution is 5.41. The summed E-state index contributed by atoms with van der Waals surface area (Å²) in [5.41, 5.74) is 0.936. The van der Waals surface area contributed by atoms with Gasteiger partial charge in [-0.2, -0.15) is 10.4 Å². The Morgan fingerprint density at radius 2 is 2.50 bits per heavy atom. The minimum atomic E-state index is 0.0345. The zero-order valence-corrected chi connectivity index (χ0v) is 6.33. The monoisotopic (exact) mass is 161 g/mol. The van der Waals surface area contributed by atoms with Crippen LogP contribution < -0.4 is 0 Å². The van der Waals surface area contributed by atoms with E-state index in [-0.39, 0.29) is 6.61 Å². The fraction of sp³-hybridized carbons (Fsp3) is 0.250. The van der Waals surface area contributed by atoms with Crippen molar-refractivity contribution < 1.29 is 5.11 Å². The van der Waals surface area contributed by atoms with Crippen molar-refractivity contribution in [3.8, 4) is 17.9 Å². The number of aliphatic hydroxyl groups is 1. The Morgan fingerprint density at radius 3 is 3.17 bits per heavy atom. The highest BCUT2D eigenvalue weighted by Gasteiger charge is 1.98. The van der Waals surface area contributed by atoms with E-state index in [0.29, 0.717) is 17.7 Å². The minimum absolute atomic E-state index is 0.0345. The molecule has 0 fully saturated rings. The molecular weight excluding hydrogens is 154 g/mol. The lowest BCUT2D eigenvalue weighted by molar-refractivity contribution is 0.305. The first kappa shape index (κ1) is 8.32. The van der Waals surface area contributed by atoms with Crippen LogP contribution in [0, 0.1) is 23.2 Å². The number of rotatable bonds is 1. The van der Waals surface area contributed by atoms with E-state index in [1.165, 1.54) is 6.20 Å². The molecule has 0 saturated heterocycles. The average Bonchev–Trinajstić information content (AvgIpc) is 2.52. The Balaban J connectivity index is 2.78. The number of aromatic nitrogens is 2. The molecule has 0 bridgehead atoms. The van der Waals surface area contributed by atoms with Gasteiger partial charge < -0.3 is 5.11 Å². The Hall–Kier alpha value is -1.78. The molecule has 4 heteroatoms. The molecule has 0 aromatic carbocycles. The lowest BCUT2D eigenvalue weighted by atomic mass is 10.2. The third-order valence-electron chi connectivity index (χ3n) is 1.21. The summed E-state index contributed by atoms with van der Waals surface area (Å²) in [5.74, 6) is 5.42. The van der Waals surface area contributed by atoms with Gasteiger partial charge in [0.15, 0.2) is 5.69 Å². The van der Waals surface area contributed by atoms with Crippen LogP contribution in [-0.2, 0) is 0 Å². The van der Waals surface area contributed by atoms with Crippen LogP contribution in [0.25, 0.3) is 0 Å². The molecule has 1 aromatic rings. The molecule has 1 heterocycles. The topological polar surface area (TPSA) is 72.7 Å². The van der Waals surface area contributed by atoms with Crippen molar-refractivity contribution in [2.45, 2.75) is 6.42 Å². The van der Waals surface area contributed by atoms with E-state index < -0.39 is 0 Å². The molecule has 2 N–H and O–H groups in total. The molecule has 0 aliphatic heterocycles. The molecule has 12 heavy (non-hydrogen) atoms. The number of nitriles is 1. The van der Waals surface area contributed by atoms with Gasteiger partial charge in [-0.1, -0.05) is 11.8 Å². The summed E-state index contributed by atoms with van der Waals surface area (Å²) >= 11 is 0. The molecule has 0 unspecified atom stereocenters. The first-order valence-electron chi connectivity index (χ1n) is 3.41. The van der Waals surface area contributed by atoms with E-state index in [9.17, 15) is 0 Å². The summed E-state index contributed by atoms with van der Waals surface area (Å²) < 4.78 is 0. The molecule has 0 amide bonds. The molecule has 60 valence electrons. The van der Waals surface area contributed by atoms with Crippen LogP contribution in [-0.4, -0.2) is 21.9 Å². The van der Waals surface area contributed by atoms with Gasteiger partial charge in [-0.25, -0.2) is 0 Å². The molecule has 0 saturated carbocycles. The minimum Gasteiger partial charge on any atom is -0.395 e. The third-order valence-corrected chi connectivity index (χ3v) is 1.21. The van der Waals surface area contributed by atoms with E-state index in [4.69, 9.17) is 10.4 Å². The van der Waals surface area contributed by atoms with Crippen molar-refractivity contribution in [1.29, 1.82) is 5.26 Å². The van der Waals surface area contributed by atoms with E-state index in [0.717, 1.165) is 0 Å². The number of nitrogens with zero attached hydrogens (tertiary/aromatic N) is 2. The molecule has 0 aliphatic rings. The maximum Gasteiger partial charge on any atom is 0.151 e. The highest BCUT2D eigenvalue weighted by Crippen LogP contribution is 1.99. The van der Waals surface area contributed by atoms with Crippen LogP contribution in [0.4, 0.5) is 0 Å². The predicted molar refractivity (Wildman–Crippen MR) is 41.9 cm³/mol. The van der Waals surface area contributed by atoms with E-state index in [1.807, 2.05) is 6.07 Å². The molecular formula is C8H7N3O. The maximum absolute atomic E-state index is 8.53. The van der Waals surface area contributed by atoms with E-state index >= 15 is 0 Å². The largest absolute Gasteiger partial charge is 0.395 e. The van der Waals surface area contributed by atoms with Gasteiger partial charge in [-0.15, -0.1) is 0 Å². The SMILES string of the molecule is N#Cc1[nH]ncc1C#CCCO. The first-order valence-corrected chi connectivity index (χ1v) is 3.41. The normalized spacial score (nSPS) is 8.33. The van der Waals surface area contributed by atoms with Gasteiger partial charge in [0, 0.05) is 6.42 Å². The van der Waals surface area contributed by atoms with Crippen molar-refractivity contribution in [1.82, 2.24) is 10.2 Å². The van der Waals surface area contributed by atoms with Crippen molar-refractivity contribution >= 4 is 0 Å². The fourth-order valence-corrected chi connectivity index (χ4v) is 0.680. The van der Waals surface area contributed by atoms with Crippen molar-refractivity contribution in [3.05, 3.63) is 17.5 Å². The Morgan fingerprint density at radius 1 is 1.67 bits per heavy atom. The first-order chi connectivity index (χ1) is 5.88. The third kappa shape index (κ3) is 1.85. The van der Waals surface area contributed by atoms with Gasteiger partial charge in [0.1, 0.15) is 6.07 Å². The number of aliphatic hydroxyl groups excluding tert-OH is 1. The number of nitrogens with one attached hydrogen (secondary N) is 1. The maximum atomic E-state index is 8.53. The van der Waals surface area contributed by atoms with Gasteiger partial charge >= 0.3 is 0 Å². The number of hydrogen-bond donors (Lipinski definition) is 2. The zero-order chi connectivity index (χ0) is 8.81. The molecule has 0 atom stereocenters. The fourth-order valence-electron chi connectivity index (χ4n) is 0.680. The van der Waals surface area contributed by atoms with Gasteiger partial charge in [0.2, 0.25) is 0 Å². The number of aromatic amines is 1. The Kier molecular flexibility index (Phi) is 2.89. The predicted octanol–water partition coefficient (Wildman–Crippen LogP) is 0.0153. The smallest absolute Gasteiger partial charge is 0.151 e. The molecule has 1 rings (SSSR count). The van der Waals surface area contributed by atoms with Gasteiger partial charge in [0.05, 0.1) is 18.4 Å². The van der Waals surface area contributed by atoms with Gasteiger partial charge in [-0.3, -0.25) is 5.10 Å². The van der Waals surface area contributed by atoms with E-state index in [2.05, 4.69) is 22.0 Å². The number of H-pyrrole nitrogens is 1. The molecule has 0 spiro atoms. The lowest BCUT2D eigenvalue weighted by Crippen LogP contribution is -1.79. The standard InChI is InChI=1S/C8H7N3O/c9-5-8-7(6-10-11-8)3-1-2-4-12/h6,12H,2,4H2,(H,10,11).